The van der Waals surface area contributed by atoms with E-state index in [2.05, 4.69) is 24.2 Å². The maximum atomic E-state index is 12.5. The molecule has 0 saturated carbocycles. The number of carbonyl (C=O) groups is 2. The van der Waals surface area contributed by atoms with E-state index in [1.165, 1.54) is 0 Å². The number of piperidine rings is 1. The number of hydrogen-bond donors (Lipinski definition) is 2. The maximum Gasteiger partial charge on any atom is 0.226 e. The van der Waals surface area contributed by atoms with Crippen molar-refractivity contribution in [1.29, 1.82) is 0 Å². The Balaban J connectivity index is 1.89. The van der Waals surface area contributed by atoms with Gasteiger partial charge in [0, 0.05) is 13.1 Å². The number of rotatable bonds is 11. The summed E-state index contributed by atoms with van der Waals surface area (Å²) < 4.78 is 0. The van der Waals surface area contributed by atoms with E-state index in [1.54, 1.807) is 0 Å². The first kappa shape index (κ1) is 23.9. The van der Waals surface area contributed by atoms with Crippen LogP contribution in [0.5, 0.6) is 0 Å². The van der Waals surface area contributed by atoms with Crippen LogP contribution in [0.4, 0.5) is 0 Å². The molecule has 0 radical (unpaired) electrons. The highest BCUT2D eigenvalue weighted by atomic mass is 16.2. The summed E-state index contributed by atoms with van der Waals surface area (Å²) in [5.74, 6) is 0.511. The van der Waals surface area contributed by atoms with Gasteiger partial charge < -0.3 is 20.7 Å². The highest BCUT2D eigenvalue weighted by Crippen LogP contribution is 2.20. The third-order valence-corrected chi connectivity index (χ3v) is 5.89. The van der Waals surface area contributed by atoms with Crippen molar-refractivity contribution in [2.24, 2.45) is 10.7 Å². The first-order valence-electron chi connectivity index (χ1n) is 11.4. The molecule has 2 rings (SSSR count). The van der Waals surface area contributed by atoms with Crippen molar-refractivity contribution in [3.63, 3.8) is 0 Å². The van der Waals surface area contributed by atoms with Crippen LogP contribution in [-0.4, -0.2) is 47.7 Å². The lowest BCUT2D eigenvalue weighted by Gasteiger charge is -2.32. The maximum absolute atomic E-state index is 12.5. The third kappa shape index (κ3) is 7.47. The molecule has 6 nitrogen and oxygen atoms in total. The van der Waals surface area contributed by atoms with Gasteiger partial charge in [-0.05, 0) is 31.2 Å². The molecule has 0 unspecified atom stereocenters. The fourth-order valence-corrected chi connectivity index (χ4v) is 3.99. The lowest BCUT2D eigenvalue weighted by Crippen LogP contribution is -2.53. The second kappa shape index (κ2) is 12.4. The van der Waals surface area contributed by atoms with E-state index in [0.717, 1.165) is 63.2 Å². The van der Waals surface area contributed by atoms with Gasteiger partial charge in [0.15, 0.2) is 5.96 Å². The van der Waals surface area contributed by atoms with Gasteiger partial charge in [-0.15, -0.1) is 0 Å². The molecule has 0 aliphatic carbocycles. The lowest BCUT2D eigenvalue weighted by atomic mass is 9.88. The Labute approximate surface area is 181 Å². The minimum Gasteiger partial charge on any atom is -0.370 e. The zero-order chi connectivity index (χ0) is 21.8. The van der Waals surface area contributed by atoms with Crippen molar-refractivity contribution in [1.82, 2.24) is 10.2 Å². The number of likely N-dealkylation sites (tertiary alicyclic amines) is 1. The first-order chi connectivity index (χ1) is 14.5. The Morgan fingerprint density at radius 3 is 2.30 bits per heavy atom. The number of aldehydes is 1. The van der Waals surface area contributed by atoms with E-state index in [1.807, 2.05) is 35.2 Å². The van der Waals surface area contributed by atoms with Crippen molar-refractivity contribution in [2.45, 2.75) is 83.2 Å². The Kier molecular flexibility index (Phi) is 9.84. The molecule has 0 bridgehead atoms. The van der Waals surface area contributed by atoms with Gasteiger partial charge in [-0.1, -0.05) is 69.9 Å². The zero-order valence-corrected chi connectivity index (χ0v) is 18.6. The average molecular weight is 415 g/mol. The molecule has 0 spiro atoms. The molecule has 1 amide bonds. The van der Waals surface area contributed by atoms with E-state index < -0.39 is 5.54 Å². The second-order valence-electron chi connectivity index (χ2n) is 8.39. The summed E-state index contributed by atoms with van der Waals surface area (Å²) in [6.45, 7) is 5.63. The topological polar surface area (TPSA) is 87.8 Å². The zero-order valence-electron chi connectivity index (χ0n) is 18.6. The van der Waals surface area contributed by atoms with Crippen LogP contribution in [-0.2, 0) is 16.0 Å². The SMILES string of the molecule is CCCCC(C=O)(CCCC)NC(N)=NC1CCN(C(=O)Cc2ccccc2)CC1. The Bertz CT molecular complexity index is 674. The van der Waals surface area contributed by atoms with Crippen LogP contribution in [0.2, 0.25) is 0 Å². The molecular weight excluding hydrogens is 376 g/mol. The van der Waals surface area contributed by atoms with Crippen molar-refractivity contribution < 1.29 is 9.59 Å². The molecule has 1 aromatic carbocycles. The standard InChI is InChI=1S/C24H38N4O2/c1-3-5-14-24(19-29,15-6-4-2)27-23(25)26-21-12-16-28(17-13-21)22(30)18-20-10-8-7-9-11-20/h7-11,19,21H,3-6,12-18H2,1-2H3,(H3,25,26,27). The van der Waals surface area contributed by atoms with Crippen LogP contribution in [0, 0.1) is 0 Å². The number of carbonyl (C=O) groups excluding carboxylic acids is 2. The molecule has 0 atom stereocenters. The van der Waals surface area contributed by atoms with E-state index in [9.17, 15) is 9.59 Å². The molecule has 1 fully saturated rings. The molecule has 1 aromatic rings. The monoisotopic (exact) mass is 414 g/mol. The van der Waals surface area contributed by atoms with Gasteiger partial charge in [0.2, 0.25) is 5.91 Å². The quantitative estimate of drug-likeness (QED) is 0.330. The van der Waals surface area contributed by atoms with Gasteiger partial charge in [0.25, 0.3) is 0 Å². The Morgan fingerprint density at radius 1 is 1.17 bits per heavy atom. The highest BCUT2D eigenvalue weighted by Gasteiger charge is 2.30. The molecule has 6 heteroatoms. The van der Waals surface area contributed by atoms with Gasteiger partial charge in [-0.2, -0.15) is 0 Å². The summed E-state index contributed by atoms with van der Waals surface area (Å²) in [4.78, 5) is 31.0. The van der Waals surface area contributed by atoms with Gasteiger partial charge in [0.1, 0.15) is 6.29 Å². The van der Waals surface area contributed by atoms with Crippen LogP contribution in [0.15, 0.2) is 35.3 Å². The fraction of sp³-hybridized carbons (Fsp3) is 0.625. The number of nitrogens with one attached hydrogen (secondary N) is 1. The number of nitrogens with two attached hydrogens (primary N) is 1. The normalized spacial score (nSPS) is 15.8. The third-order valence-electron chi connectivity index (χ3n) is 5.89. The number of hydrogen-bond acceptors (Lipinski definition) is 3. The minimum absolute atomic E-state index is 0.0833. The number of unbranched alkanes of at least 4 members (excludes halogenated alkanes) is 2. The summed E-state index contributed by atoms with van der Waals surface area (Å²) in [5.41, 5.74) is 6.63. The van der Waals surface area contributed by atoms with Crippen molar-refractivity contribution in [3.05, 3.63) is 35.9 Å². The number of aliphatic imine (C=N–C) groups is 1. The van der Waals surface area contributed by atoms with Gasteiger partial charge in [-0.25, -0.2) is 4.99 Å². The number of amides is 1. The van der Waals surface area contributed by atoms with Crippen LogP contribution >= 0.6 is 0 Å². The number of nitrogens with zero attached hydrogens (tertiary/aromatic N) is 2. The molecule has 1 saturated heterocycles. The van der Waals surface area contributed by atoms with Crippen LogP contribution in [0.3, 0.4) is 0 Å². The second-order valence-corrected chi connectivity index (χ2v) is 8.39. The van der Waals surface area contributed by atoms with Gasteiger partial charge >= 0.3 is 0 Å². The summed E-state index contributed by atoms with van der Waals surface area (Å²) >= 11 is 0. The smallest absolute Gasteiger partial charge is 0.226 e. The Morgan fingerprint density at radius 2 is 1.77 bits per heavy atom. The molecule has 166 valence electrons. The predicted molar refractivity (Wildman–Crippen MR) is 122 cm³/mol. The predicted octanol–water partition coefficient (Wildman–Crippen LogP) is 3.44. The molecule has 3 N–H and O–H groups in total. The van der Waals surface area contributed by atoms with Gasteiger partial charge in [-0.3, -0.25) is 4.79 Å². The van der Waals surface area contributed by atoms with Crippen molar-refractivity contribution in [3.8, 4) is 0 Å². The summed E-state index contributed by atoms with van der Waals surface area (Å²) in [5, 5.41) is 3.24. The molecular formula is C24H38N4O2. The molecule has 30 heavy (non-hydrogen) atoms. The van der Waals surface area contributed by atoms with Crippen LogP contribution < -0.4 is 11.1 Å². The van der Waals surface area contributed by atoms with Crippen LogP contribution in [0.25, 0.3) is 0 Å². The molecule has 1 aliphatic rings. The lowest BCUT2D eigenvalue weighted by molar-refractivity contribution is -0.131. The van der Waals surface area contributed by atoms with E-state index in [0.29, 0.717) is 25.5 Å². The first-order valence-corrected chi connectivity index (χ1v) is 11.4. The van der Waals surface area contributed by atoms with E-state index >= 15 is 0 Å². The minimum atomic E-state index is -0.619. The fourth-order valence-electron chi connectivity index (χ4n) is 3.99. The largest absolute Gasteiger partial charge is 0.370 e. The summed E-state index contributed by atoms with van der Waals surface area (Å²) in [7, 11) is 0. The Hall–Kier alpha value is -2.37. The van der Waals surface area contributed by atoms with Crippen molar-refractivity contribution in [2.75, 3.05) is 13.1 Å². The average Bonchev–Trinajstić information content (AvgIpc) is 2.77. The number of guanidine groups is 1. The highest BCUT2D eigenvalue weighted by molar-refractivity contribution is 5.83. The van der Waals surface area contributed by atoms with E-state index in [-0.39, 0.29) is 11.9 Å². The summed E-state index contributed by atoms with van der Waals surface area (Å²) in [6, 6.07) is 9.93. The van der Waals surface area contributed by atoms with Crippen LogP contribution in [0.1, 0.15) is 70.8 Å². The summed E-state index contributed by atoms with van der Waals surface area (Å²) in [6.07, 6.45) is 8.62. The molecule has 1 heterocycles. The van der Waals surface area contributed by atoms with Gasteiger partial charge in [0.05, 0.1) is 18.0 Å². The molecule has 0 aromatic heterocycles. The molecule has 1 aliphatic heterocycles. The van der Waals surface area contributed by atoms with Crippen molar-refractivity contribution >= 4 is 18.2 Å². The number of benzene rings is 1. The van der Waals surface area contributed by atoms with E-state index in [4.69, 9.17) is 5.73 Å².